The van der Waals surface area contributed by atoms with Crippen LogP contribution in [0.4, 0.5) is 5.95 Å². The number of methoxy groups -OCH3 is 1. The third kappa shape index (κ3) is 2.41. The molecule has 6 nitrogen and oxygen atoms in total. The number of nitrogens with one attached hydrogen (secondary N) is 1. The Kier molecular flexibility index (Phi) is 3.66. The van der Waals surface area contributed by atoms with Gasteiger partial charge in [-0.1, -0.05) is 42.5 Å². The van der Waals surface area contributed by atoms with Gasteiger partial charge in [0.25, 0.3) is 0 Å². The number of benzene rings is 2. The second-order valence-electron chi connectivity index (χ2n) is 5.86. The summed E-state index contributed by atoms with van der Waals surface area (Å²) in [5, 5.41) is 7.77. The fraction of sp³-hybridized carbons (Fsp3) is 0.222. The molecule has 0 amide bonds. The smallest absolute Gasteiger partial charge is 0.222 e. The molecule has 0 fully saturated rings. The average molecular weight is 321 g/mol. The molecule has 1 aliphatic rings. The topological polar surface area (TPSA) is 78.0 Å². The molecule has 3 atom stereocenters. The number of nitrogens with zero attached hydrogens (tertiary/aromatic N) is 3. The van der Waals surface area contributed by atoms with E-state index in [0.717, 1.165) is 22.8 Å². The van der Waals surface area contributed by atoms with E-state index in [9.17, 15) is 0 Å². The first-order chi connectivity index (χ1) is 11.8. The Balaban J connectivity index is 1.75. The highest BCUT2D eigenvalue weighted by molar-refractivity contribution is 5.42. The van der Waals surface area contributed by atoms with E-state index in [1.165, 1.54) is 0 Å². The second kappa shape index (κ2) is 5.98. The largest absolute Gasteiger partial charge is 0.497 e. The number of anilines is 1. The van der Waals surface area contributed by atoms with E-state index in [-0.39, 0.29) is 18.1 Å². The maximum Gasteiger partial charge on any atom is 0.222 e. The molecule has 122 valence electrons. The van der Waals surface area contributed by atoms with Crippen LogP contribution in [0.3, 0.4) is 0 Å². The third-order valence-corrected chi connectivity index (χ3v) is 4.49. The maximum atomic E-state index is 6.65. The average Bonchev–Trinajstić information content (AvgIpc) is 3.10. The van der Waals surface area contributed by atoms with Gasteiger partial charge >= 0.3 is 0 Å². The number of ether oxygens (including phenoxy) is 1. The minimum Gasteiger partial charge on any atom is -0.497 e. The first-order valence-corrected chi connectivity index (χ1v) is 7.88. The van der Waals surface area contributed by atoms with Crippen molar-refractivity contribution in [3.63, 3.8) is 0 Å². The van der Waals surface area contributed by atoms with Gasteiger partial charge in [-0.25, -0.2) is 4.68 Å². The predicted molar refractivity (Wildman–Crippen MR) is 91.9 cm³/mol. The highest BCUT2D eigenvalue weighted by Crippen LogP contribution is 2.36. The van der Waals surface area contributed by atoms with Gasteiger partial charge in [-0.2, -0.15) is 10.1 Å². The van der Waals surface area contributed by atoms with Crippen molar-refractivity contribution in [2.45, 2.75) is 18.1 Å². The van der Waals surface area contributed by atoms with E-state index in [0.29, 0.717) is 0 Å². The quantitative estimate of drug-likeness (QED) is 0.774. The van der Waals surface area contributed by atoms with Crippen LogP contribution in [-0.2, 0) is 0 Å². The van der Waals surface area contributed by atoms with Gasteiger partial charge in [-0.15, -0.1) is 0 Å². The van der Waals surface area contributed by atoms with Crippen LogP contribution in [0, 0.1) is 0 Å². The molecule has 6 heteroatoms. The Morgan fingerprint density at radius 1 is 1.04 bits per heavy atom. The fourth-order valence-electron chi connectivity index (χ4n) is 3.27. The fourth-order valence-corrected chi connectivity index (χ4v) is 3.27. The molecular weight excluding hydrogens is 302 g/mol. The molecule has 2 heterocycles. The molecule has 2 aromatic carbocycles. The molecule has 3 aromatic rings. The van der Waals surface area contributed by atoms with E-state index in [2.05, 4.69) is 27.5 Å². The summed E-state index contributed by atoms with van der Waals surface area (Å²) >= 11 is 0. The molecule has 4 rings (SSSR count). The standard InChI is InChI=1S/C18H19N5O/c1-24-14-9-7-12(8-10-14)16-15(19)17(13-5-3-2-4-6-13)23-18(22-16)20-11-21-23/h2-11,15-17H,19H2,1H3,(H,20,21,22)/t15-,16-,17-/m0/s1. The molecule has 0 saturated carbocycles. The Morgan fingerprint density at radius 2 is 1.79 bits per heavy atom. The van der Waals surface area contributed by atoms with Gasteiger partial charge < -0.3 is 15.8 Å². The molecule has 1 aliphatic heterocycles. The number of hydrogen-bond acceptors (Lipinski definition) is 5. The van der Waals surface area contributed by atoms with Crippen molar-refractivity contribution < 1.29 is 4.74 Å². The minimum absolute atomic E-state index is 0.0576. The Labute approximate surface area is 140 Å². The molecule has 0 unspecified atom stereocenters. The van der Waals surface area contributed by atoms with E-state index in [1.54, 1.807) is 13.4 Å². The summed E-state index contributed by atoms with van der Waals surface area (Å²) < 4.78 is 7.10. The summed E-state index contributed by atoms with van der Waals surface area (Å²) in [6.45, 7) is 0. The van der Waals surface area contributed by atoms with Gasteiger partial charge in [0.15, 0.2) is 0 Å². The zero-order chi connectivity index (χ0) is 16.5. The van der Waals surface area contributed by atoms with E-state index >= 15 is 0 Å². The second-order valence-corrected chi connectivity index (χ2v) is 5.86. The molecule has 0 aliphatic carbocycles. The van der Waals surface area contributed by atoms with Crippen molar-refractivity contribution in [3.8, 4) is 5.75 Å². The highest BCUT2D eigenvalue weighted by atomic mass is 16.5. The normalized spacial score (nSPS) is 22.5. The van der Waals surface area contributed by atoms with Crippen LogP contribution in [0.1, 0.15) is 23.2 Å². The molecule has 0 bridgehead atoms. The van der Waals surface area contributed by atoms with Gasteiger partial charge in [0.1, 0.15) is 12.1 Å². The number of nitrogens with two attached hydrogens (primary N) is 1. The van der Waals surface area contributed by atoms with E-state index in [1.807, 2.05) is 47.1 Å². The van der Waals surface area contributed by atoms with Gasteiger partial charge in [-0.05, 0) is 23.3 Å². The Hall–Kier alpha value is -2.86. The maximum absolute atomic E-state index is 6.65. The van der Waals surface area contributed by atoms with Gasteiger partial charge in [0, 0.05) is 0 Å². The molecule has 0 radical (unpaired) electrons. The predicted octanol–water partition coefficient (Wildman–Crippen LogP) is 2.37. The summed E-state index contributed by atoms with van der Waals surface area (Å²) in [4.78, 5) is 4.34. The number of fused-ring (bicyclic) bond motifs is 1. The van der Waals surface area contributed by atoms with Crippen molar-refractivity contribution in [1.29, 1.82) is 0 Å². The van der Waals surface area contributed by atoms with Crippen LogP contribution in [-0.4, -0.2) is 27.9 Å². The van der Waals surface area contributed by atoms with Crippen molar-refractivity contribution in [2.24, 2.45) is 5.73 Å². The van der Waals surface area contributed by atoms with Crippen molar-refractivity contribution in [3.05, 3.63) is 72.1 Å². The highest BCUT2D eigenvalue weighted by Gasteiger charge is 2.37. The number of hydrogen-bond donors (Lipinski definition) is 2. The molecule has 24 heavy (non-hydrogen) atoms. The zero-order valence-electron chi connectivity index (χ0n) is 13.3. The summed E-state index contributed by atoms with van der Waals surface area (Å²) in [6, 6.07) is 17.8. The lowest BCUT2D eigenvalue weighted by Gasteiger charge is -2.37. The molecule has 3 N–H and O–H groups in total. The lowest BCUT2D eigenvalue weighted by Crippen LogP contribution is -2.46. The van der Waals surface area contributed by atoms with Gasteiger partial charge in [0.2, 0.25) is 5.95 Å². The summed E-state index contributed by atoms with van der Waals surface area (Å²) in [7, 11) is 1.66. The van der Waals surface area contributed by atoms with Crippen molar-refractivity contribution in [1.82, 2.24) is 14.8 Å². The zero-order valence-corrected chi connectivity index (χ0v) is 13.3. The lowest BCUT2D eigenvalue weighted by molar-refractivity contribution is 0.371. The summed E-state index contributed by atoms with van der Waals surface area (Å²) in [5.41, 5.74) is 8.87. The van der Waals surface area contributed by atoms with E-state index in [4.69, 9.17) is 10.5 Å². The van der Waals surface area contributed by atoms with E-state index < -0.39 is 0 Å². The number of aromatic nitrogens is 3. The van der Waals surface area contributed by atoms with Crippen molar-refractivity contribution in [2.75, 3.05) is 12.4 Å². The number of rotatable bonds is 3. The van der Waals surface area contributed by atoms with Gasteiger partial charge in [0.05, 0.1) is 25.2 Å². The minimum atomic E-state index is -0.185. The first kappa shape index (κ1) is 14.7. The van der Waals surface area contributed by atoms with Crippen molar-refractivity contribution >= 4 is 5.95 Å². The SMILES string of the molecule is COc1ccc([C@@H]2Nc3ncnn3[C@@H](c3ccccc3)[C@H]2N)cc1. The summed E-state index contributed by atoms with van der Waals surface area (Å²) in [5.74, 6) is 1.55. The lowest BCUT2D eigenvalue weighted by atomic mass is 9.89. The molecule has 1 aromatic heterocycles. The molecule has 0 spiro atoms. The van der Waals surface area contributed by atoms with Crippen LogP contribution in [0.5, 0.6) is 5.75 Å². The summed E-state index contributed by atoms with van der Waals surface area (Å²) in [6.07, 6.45) is 1.56. The van der Waals surface area contributed by atoms with Crippen LogP contribution in [0.2, 0.25) is 0 Å². The van der Waals surface area contributed by atoms with Crippen LogP contribution < -0.4 is 15.8 Å². The van der Waals surface area contributed by atoms with Crippen LogP contribution in [0.25, 0.3) is 0 Å². The molecule has 0 saturated heterocycles. The van der Waals surface area contributed by atoms with Gasteiger partial charge in [-0.3, -0.25) is 0 Å². The van der Waals surface area contributed by atoms with Crippen LogP contribution >= 0.6 is 0 Å². The monoisotopic (exact) mass is 321 g/mol. The molecular formula is C18H19N5O. The van der Waals surface area contributed by atoms with Crippen LogP contribution in [0.15, 0.2) is 60.9 Å². The Bertz CT molecular complexity index is 815. The Morgan fingerprint density at radius 3 is 2.50 bits per heavy atom. The third-order valence-electron chi connectivity index (χ3n) is 4.49. The first-order valence-electron chi connectivity index (χ1n) is 7.88.